The second-order valence-electron chi connectivity index (χ2n) is 6.39. The largest absolute Gasteiger partial charge is 0.352 e. The molecule has 1 unspecified atom stereocenters. The smallest absolute Gasteiger partial charge is 0.237 e. The van der Waals surface area contributed by atoms with Crippen molar-refractivity contribution in [3.63, 3.8) is 0 Å². The Hall–Kier alpha value is -0.330. The summed E-state index contributed by atoms with van der Waals surface area (Å²) in [5.41, 5.74) is 5.74. The predicted octanol–water partition coefficient (Wildman–Crippen LogP) is 1.50. The highest BCUT2D eigenvalue weighted by Crippen LogP contribution is 2.29. The van der Waals surface area contributed by atoms with Crippen LogP contribution in [0.5, 0.6) is 0 Å². The number of rotatable bonds is 6. The Morgan fingerprint density at radius 2 is 1.76 bits per heavy atom. The molecule has 126 valence electrons. The second kappa shape index (κ2) is 8.96. The van der Waals surface area contributed by atoms with E-state index in [1.165, 1.54) is 0 Å². The summed E-state index contributed by atoms with van der Waals surface area (Å²) in [6.07, 6.45) is 5.61. The van der Waals surface area contributed by atoms with Crippen LogP contribution < -0.4 is 11.1 Å². The zero-order valence-electron chi connectivity index (χ0n) is 13.2. The molecule has 0 heterocycles. The molecule has 7 heteroatoms. The second-order valence-corrected chi connectivity index (χ2v) is 8.65. The van der Waals surface area contributed by atoms with Crippen LogP contribution in [0.1, 0.15) is 46.0 Å². The minimum Gasteiger partial charge on any atom is -0.352 e. The highest BCUT2D eigenvalue weighted by atomic mass is 35.5. The van der Waals surface area contributed by atoms with Crippen molar-refractivity contribution >= 4 is 28.2 Å². The van der Waals surface area contributed by atoms with Crippen molar-refractivity contribution in [2.24, 2.45) is 17.6 Å². The number of sulfone groups is 1. The van der Waals surface area contributed by atoms with E-state index >= 15 is 0 Å². The number of hydrogen-bond acceptors (Lipinski definition) is 4. The number of nitrogens with two attached hydrogens (primary N) is 1. The van der Waals surface area contributed by atoms with Crippen molar-refractivity contribution in [1.29, 1.82) is 0 Å². The van der Waals surface area contributed by atoms with Crippen molar-refractivity contribution < 1.29 is 13.2 Å². The SMILES string of the molecule is CC(C)C1CCC(NC(=O)C(N)CCS(C)(=O)=O)CC1.Cl. The summed E-state index contributed by atoms with van der Waals surface area (Å²) in [5.74, 6) is 1.19. The Kier molecular flexibility index (Phi) is 8.81. The maximum atomic E-state index is 11.9. The number of amides is 1. The topological polar surface area (TPSA) is 89.3 Å². The number of halogens is 1. The lowest BCUT2D eigenvalue weighted by atomic mass is 9.79. The fourth-order valence-corrected chi connectivity index (χ4v) is 3.39. The van der Waals surface area contributed by atoms with E-state index in [-0.39, 0.29) is 36.5 Å². The van der Waals surface area contributed by atoms with Gasteiger partial charge in [0.25, 0.3) is 0 Å². The van der Waals surface area contributed by atoms with Gasteiger partial charge in [-0.1, -0.05) is 13.8 Å². The van der Waals surface area contributed by atoms with Crippen molar-refractivity contribution in [3.05, 3.63) is 0 Å². The van der Waals surface area contributed by atoms with Gasteiger partial charge >= 0.3 is 0 Å². The normalized spacial score (nSPS) is 24.2. The van der Waals surface area contributed by atoms with Gasteiger partial charge in [-0.25, -0.2) is 8.42 Å². The summed E-state index contributed by atoms with van der Waals surface area (Å²) in [7, 11) is -3.06. The quantitative estimate of drug-likeness (QED) is 0.766. The summed E-state index contributed by atoms with van der Waals surface area (Å²) in [6, 6.07) is -0.533. The van der Waals surface area contributed by atoms with E-state index in [1.807, 2.05) is 0 Å². The van der Waals surface area contributed by atoms with Crippen LogP contribution in [0.2, 0.25) is 0 Å². The molecule has 5 nitrogen and oxygen atoms in total. The van der Waals surface area contributed by atoms with E-state index < -0.39 is 15.9 Å². The van der Waals surface area contributed by atoms with Crippen LogP contribution in [0.4, 0.5) is 0 Å². The summed E-state index contributed by atoms with van der Waals surface area (Å²) in [4.78, 5) is 11.9. The lowest BCUT2D eigenvalue weighted by Crippen LogP contribution is -2.47. The predicted molar refractivity (Wildman–Crippen MR) is 88.3 cm³/mol. The molecule has 0 aromatic carbocycles. The van der Waals surface area contributed by atoms with E-state index in [0.717, 1.165) is 37.9 Å². The van der Waals surface area contributed by atoms with Crippen LogP contribution in [0.15, 0.2) is 0 Å². The van der Waals surface area contributed by atoms with Gasteiger partial charge in [-0.15, -0.1) is 12.4 Å². The molecule has 1 aliphatic rings. The van der Waals surface area contributed by atoms with E-state index in [9.17, 15) is 13.2 Å². The first kappa shape index (κ1) is 20.7. The van der Waals surface area contributed by atoms with E-state index in [4.69, 9.17) is 5.73 Å². The maximum absolute atomic E-state index is 11.9. The molecule has 1 fully saturated rings. The third-order valence-corrected chi connectivity index (χ3v) is 5.17. The number of hydrogen-bond donors (Lipinski definition) is 2. The zero-order valence-corrected chi connectivity index (χ0v) is 14.8. The molecule has 0 bridgehead atoms. The highest BCUT2D eigenvalue weighted by Gasteiger charge is 2.25. The van der Waals surface area contributed by atoms with Crippen molar-refractivity contribution in [2.75, 3.05) is 12.0 Å². The first-order valence-corrected chi connectivity index (χ1v) is 9.48. The van der Waals surface area contributed by atoms with Gasteiger partial charge in [0.05, 0.1) is 11.8 Å². The van der Waals surface area contributed by atoms with Crippen LogP contribution in [0.25, 0.3) is 0 Å². The summed E-state index contributed by atoms with van der Waals surface area (Å²) in [6.45, 7) is 4.48. The number of carbonyl (C=O) groups excluding carboxylic acids is 1. The Morgan fingerprint density at radius 3 is 2.19 bits per heavy atom. The average molecular weight is 341 g/mol. The lowest BCUT2D eigenvalue weighted by molar-refractivity contribution is -0.123. The third kappa shape index (κ3) is 8.02. The maximum Gasteiger partial charge on any atom is 0.237 e. The Balaban J connectivity index is 0.00000400. The lowest BCUT2D eigenvalue weighted by Gasteiger charge is -2.31. The molecule has 0 radical (unpaired) electrons. The number of nitrogens with one attached hydrogen (secondary N) is 1. The summed E-state index contributed by atoms with van der Waals surface area (Å²) >= 11 is 0. The van der Waals surface area contributed by atoms with Crippen LogP contribution in [-0.2, 0) is 14.6 Å². The minimum absolute atomic E-state index is 0. The molecule has 1 aliphatic carbocycles. The molecule has 0 spiro atoms. The van der Waals surface area contributed by atoms with Gasteiger partial charge in [0, 0.05) is 12.3 Å². The van der Waals surface area contributed by atoms with Gasteiger partial charge in [0.2, 0.25) is 5.91 Å². The van der Waals surface area contributed by atoms with Gasteiger partial charge in [-0.3, -0.25) is 4.79 Å². The van der Waals surface area contributed by atoms with Crippen LogP contribution in [0.3, 0.4) is 0 Å². The third-order valence-electron chi connectivity index (χ3n) is 4.20. The molecular weight excluding hydrogens is 312 g/mol. The summed E-state index contributed by atoms with van der Waals surface area (Å²) in [5, 5.41) is 2.96. The van der Waals surface area contributed by atoms with Gasteiger partial charge in [0.15, 0.2) is 0 Å². The molecule has 3 N–H and O–H groups in total. The van der Waals surface area contributed by atoms with E-state index in [0.29, 0.717) is 5.92 Å². The van der Waals surface area contributed by atoms with Crippen molar-refractivity contribution in [3.8, 4) is 0 Å². The Bertz CT molecular complexity index is 418. The van der Waals surface area contributed by atoms with Gasteiger partial charge < -0.3 is 11.1 Å². The van der Waals surface area contributed by atoms with Crippen LogP contribution in [0, 0.1) is 11.8 Å². The van der Waals surface area contributed by atoms with Crippen LogP contribution >= 0.6 is 12.4 Å². The van der Waals surface area contributed by atoms with Crippen LogP contribution in [-0.4, -0.2) is 38.4 Å². The standard InChI is InChI=1S/C14H28N2O3S.ClH/c1-10(2)11-4-6-12(7-5-11)16-14(17)13(15)8-9-20(3,18)19;/h10-13H,4-9,15H2,1-3H3,(H,16,17);1H. The fourth-order valence-electron chi connectivity index (χ4n) is 2.71. The number of carbonyl (C=O) groups is 1. The fraction of sp³-hybridized carbons (Fsp3) is 0.929. The molecule has 1 rings (SSSR count). The van der Waals surface area contributed by atoms with E-state index in [2.05, 4.69) is 19.2 Å². The van der Waals surface area contributed by atoms with Crippen molar-refractivity contribution in [2.45, 2.75) is 58.0 Å². The first-order valence-electron chi connectivity index (χ1n) is 7.42. The average Bonchev–Trinajstić information content (AvgIpc) is 2.35. The van der Waals surface area contributed by atoms with Gasteiger partial charge in [-0.05, 0) is 43.9 Å². The van der Waals surface area contributed by atoms with Crippen molar-refractivity contribution in [1.82, 2.24) is 5.32 Å². The monoisotopic (exact) mass is 340 g/mol. The molecule has 0 saturated heterocycles. The molecule has 1 saturated carbocycles. The minimum atomic E-state index is -3.06. The Labute approximate surface area is 134 Å². The van der Waals surface area contributed by atoms with Gasteiger partial charge in [-0.2, -0.15) is 0 Å². The first-order chi connectivity index (χ1) is 9.19. The zero-order chi connectivity index (χ0) is 15.3. The highest BCUT2D eigenvalue weighted by molar-refractivity contribution is 7.90. The van der Waals surface area contributed by atoms with Gasteiger partial charge in [0.1, 0.15) is 9.84 Å². The molecule has 0 aliphatic heterocycles. The molecule has 0 aromatic heterocycles. The molecular formula is C14H29ClN2O3S. The molecule has 1 atom stereocenters. The molecule has 0 aromatic rings. The molecule has 1 amide bonds. The summed E-state index contributed by atoms with van der Waals surface area (Å²) < 4.78 is 22.1. The Morgan fingerprint density at radius 1 is 1.24 bits per heavy atom. The van der Waals surface area contributed by atoms with E-state index in [1.54, 1.807) is 0 Å². The molecule has 21 heavy (non-hydrogen) atoms.